The number of hydrogen-bond acceptors (Lipinski definition) is 1. The van der Waals surface area contributed by atoms with Gasteiger partial charge in [0, 0.05) is 5.56 Å². The van der Waals surface area contributed by atoms with Crippen LogP contribution < -0.4 is 0 Å². The van der Waals surface area contributed by atoms with Crippen LogP contribution in [0.15, 0.2) is 24.3 Å². The Morgan fingerprint density at radius 3 is 2.72 bits per heavy atom. The molecule has 0 aliphatic rings. The van der Waals surface area contributed by atoms with Gasteiger partial charge in [-0.25, -0.2) is 0 Å². The van der Waals surface area contributed by atoms with Gasteiger partial charge in [0.15, 0.2) is 0 Å². The first-order valence-corrected chi connectivity index (χ1v) is 7.30. The van der Waals surface area contributed by atoms with Gasteiger partial charge in [-0.3, -0.25) is 4.79 Å². The van der Waals surface area contributed by atoms with Crippen LogP contribution in [0.1, 0.15) is 61.9 Å². The Hall–Kier alpha value is -0.820. The molecule has 1 nitrogen and oxygen atoms in total. The minimum Gasteiger partial charge on any atom is -0.276 e. The molecule has 1 unspecified atom stereocenters. The first-order chi connectivity index (χ1) is 8.63. The molecular formula is C16H23ClO. The molecule has 0 fully saturated rings. The lowest BCUT2D eigenvalue weighted by molar-refractivity contribution is 0.108. The third-order valence-corrected chi connectivity index (χ3v) is 3.51. The van der Waals surface area contributed by atoms with Crippen molar-refractivity contribution in [3.63, 3.8) is 0 Å². The number of carbonyl (C=O) groups is 1. The Labute approximate surface area is 116 Å². The number of rotatable bonds is 8. The normalized spacial score (nSPS) is 12.4. The predicted molar refractivity (Wildman–Crippen MR) is 78.3 cm³/mol. The summed E-state index contributed by atoms with van der Waals surface area (Å²) in [5.74, 6) is 0.669. The highest BCUT2D eigenvalue weighted by Gasteiger charge is 2.06. The molecule has 0 spiro atoms. The van der Waals surface area contributed by atoms with Crippen molar-refractivity contribution in [1.29, 1.82) is 0 Å². The second-order valence-corrected chi connectivity index (χ2v) is 5.48. The van der Waals surface area contributed by atoms with Crippen LogP contribution in [-0.2, 0) is 6.42 Å². The zero-order chi connectivity index (χ0) is 13.4. The Morgan fingerprint density at radius 2 is 2.06 bits per heavy atom. The van der Waals surface area contributed by atoms with Crippen molar-refractivity contribution in [2.75, 3.05) is 0 Å². The fraction of sp³-hybridized carbons (Fsp3) is 0.562. The largest absolute Gasteiger partial charge is 0.276 e. The van der Waals surface area contributed by atoms with Gasteiger partial charge >= 0.3 is 0 Å². The van der Waals surface area contributed by atoms with Gasteiger partial charge in [-0.15, -0.1) is 0 Å². The number of hydrogen-bond donors (Lipinski definition) is 0. The summed E-state index contributed by atoms with van der Waals surface area (Å²) in [4.78, 5) is 11.1. The number of halogens is 1. The molecule has 1 aromatic rings. The Bertz CT molecular complexity index is 373. The van der Waals surface area contributed by atoms with E-state index in [4.69, 9.17) is 11.6 Å². The molecule has 0 aliphatic heterocycles. The molecule has 18 heavy (non-hydrogen) atoms. The van der Waals surface area contributed by atoms with E-state index in [0.29, 0.717) is 11.5 Å². The molecule has 0 N–H and O–H groups in total. The lowest BCUT2D eigenvalue weighted by Crippen LogP contribution is -2.01. The minimum absolute atomic E-state index is 0.368. The smallest absolute Gasteiger partial charge is 0.252 e. The second-order valence-electron chi connectivity index (χ2n) is 5.13. The molecule has 0 bridgehead atoms. The maximum absolute atomic E-state index is 11.1. The van der Waals surface area contributed by atoms with Gasteiger partial charge < -0.3 is 0 Å². The molecule has 0 aliphatic carbocycles. The van der Waals surface area contributed by atoms with Crippen LogP contribution in [-0.4, -0.2) is 5.24 Å². The van der Waals surface area contributed by atoms with Crippen LogP contribution in [0.25, 0.3) is 0 Å². The fourth-order valence-electron chi connectivity index (χ4n) is 2.24. The summed E-state index contributed by atoms with van der Waals surface area (Å²) in [6.45, 7) is 4.51. The maximum Gasteiger partial charge on any atom is 0.252 e. The fourth-order valence-corrected chi connectivity index (χ4v) is 2.36. The summed E-state index contributed by atoms with van der Waals surface area (Å²) in [7, 11) is 0. The monoisotopic (exact) mass is 266 g/mol. The average molecular weight is 267 g/mol. The lowest BCUT2D eigenvalue weighted by Gasteiger charge is -2.11. The van der Waals surface area contributed by atoms with E-state index in [-0.39, 0.29) is 5.24 Å². The van der Waals surface area contributed by atoms with Crippen molar-refractivity contribution in [1.82, 2.24) is 0 Å². The molecule has 2 heteroatoms. The van der Waals surface area contributed by atoms with Crippen LogP contribution in [0.4, 0.5) is 0 Å². The average Bonchev–Trinajstić information content (AvgIpc) is 2.35. The zero-order valence-electron chi connectivity index (χ0n) is 11.4. The quantitative estimate of drug-likeness (QED) is 0.466. The van der Waals surface area contributed by atoms with Gasteiger partial charge in [0.2, 0.25) is 0 Å². The molecule has 100 valence electrons. The predicted octanol–water partition coefficient (Wildman–Crippen LogP) is 5.21. The molecule has 0 saturated carbocycles. The molecule has 0 heterocycles. The van der Waals surface area contributed by atoms with Gasteiger partial charge in [0.05, 0.1) is 0 Å². The summed E-state index contributed by atoms with van der Waals surface area (Å²) in [6, 6.07) is 7.67. The van der Waals surface area contributed by atoms with Gasteiger partial charge in [-0.05, 0) is 35.6 Å². The first-order valence-electron chi connectivity index (χ1n) is 6.92. The highest BCUT2D eigenvalue weighted by Crippen LogP contribution is 2.17. The summed E-state index contributed by atoms with van der Waals surface area (Å²) >= 11 is 5.49. The van der Waals surface area contributed by atoms with Crippen molar-refractivity contribution >= 4 is 16.8 Å². The van der Waals surface area contributed by atoms with Crippen molar-refractivity contribution in [2.45, 2.75) is 52.4 Å². The minimum atomic E-state index is -0.368. The molecule has 1 aromatic carbocycles. The second kappa shape index (κ2) is 8.31. The standard InChI is InChI=1S/C16H23ClO/c1-3-4-5-6-8-13(2)11-14-9-7-10-15(12-14)16(17)18/h7,9-10,12-13H,3-6,8,11H2,1-2H3. The van der Waals surface area contributed by atoms with Gasteiger partial charge in [0.25, 0.3) is 5.24 Å². The number of benzene rings is 1. The van der Waals surface area contributed by atoms with Gasteiger partial charge in [-0.2, -0.15) is 0 Å². The van der Waals surface area contributed by atoms with Crippen molar-refractivity contribution in [3.8, 4) is 0 Å². The maximum atomic E-state index is 11.1. The third-order valence-electron chi connectivity index (χ3n) is 3.29. The van der Waals surface area contributed by atoms with E-state index >= 15 is 0 Å². The zero-order valence-corrected chi connectivity index (χ0v) is 12.2. The molecular weight excluding hydrogens is 244 g/mol. The van der Waals surface area contributed by atoms with Crippen molar-refractivity contribution in [3.05, 3.63) is 35.4 Å². The summed E-state index contributed by atoms with van der Waals surface area (Å²) < 4.78 is 0. The Kier molecular flexibility index (Phi) is 7.04. The third kappa shape index (κ3) is 5.68. The van der Waals surface area contributed by atoms with E-state index < -0.39 is 0 Å². The Morgan fingerprint density at radius 1 is 1.28 bits per heavy atom. The molecule has 0 radical (unpaired) electrons. The molecule has 1 atom stereocenters. The van der Waals surface area contributed by atoms with Gasteiger partial charge in [-0.1, -0.05) is 64.2 Å². The van der Waals surface area contributed by atoms with Crippen LogP contribution in [0.3, 0.4) is 0 Å². The Balaban J connectivity index is 2.41. The molecule has 0 saturated heterocycles. The highest BCUT2D eigenvalue weighted by molar-refractivity contribution is 6.67. The van der Waals surface area contributed by atoms with Crippen molar-refractivity contribution in [2.24, 2.45) is 5.92 Å². The van der Waals surface area contributed by atoms with Crippen LogP contribution in [0.5, 0.6) is 0 Å². The SMILES string of the molecule is CCCCCCC(C)Cc1cccc(C(=O)Cl)c1. The topological polar surface area (TPSA) is 17.1 Å². The molecule has 0 aromatic heterocycles. The van der Waals surface area contributed by atoms with Crippen molar-refractivity contribution < 1.29 is 4.79 Å². The molecule has 0 amide bonds. The summed E-state index contributed by atoms with van der Waals surface area (Å²) in [5.41, 5.74) is 1.82. The van der Waals surface area contributed by atoms with E-state index in [0.717, 1.165) is 6.42 Å². The van der Waals surface area contributed by atoms with E-state index in [1.54, 1.807) is 6.07 Å². The van der Waals surface area contributed by atoms with Gasteiger partial charge in [0.1, 0.15) is 0 Å². The van der Waals surface area contributed by atoms with E-state index in [2.05, 4.69) is 19.9 Å². The van der Waals surface area contributed by atoms with E-state index in [9.17, 15) is 4.79 Å². The highest BCUT2D eigenvalue weighted by atomic mass is 35.5. The number of unbranched alkanes of at least 4 members (excludes halogenated alkanes) is 3. The lowest BCUT2D eigenvalue weighted by atomic mass is 9.94. The van der Waals surface area contributed by atoms with E-state index in [1.165, 1.54) is 37.7 Å². The summed E-state index contributed by atoms with van der Waals surface area (Å²) in [6.07, 6.45) is 7.56. The van der Waals surface area contributed by atoms with E-state index in [1.807, 2.05) is 12.1 Å². The van der Waals surface area contributed by atoms with Crippen LogP contribution >= 0.6 is 11.6 Å². The number of carbonyl (C=O) groups excluding carboxylic acids is 1. The summed E-state index contributed by atoms with van der Waals surface area (Å²) in [5, 5.41) is -0.368. The van der Waals surface area contributed by atoms with Crippen LogP contribution in [0.2, 0.25) is 0 Å². The molecule has 1 rings (SSSR count). The van der Waals surface area contributed by atoms with Crippen LogP contribution in [0, 0.1) is 5.92 Å². The first kappa shape index (κ1) is 15.2.